The Kier molecular flexibility index (Phi) is 6.94. The maximum atomic E-state index is 12.7. The van der Waals surface area contributed by atoms with Gasteiger partial charge in [-0.1, -0.05) is 56.0 Å². The van der Waals surface area contributed by atoms with E-state index in [2.05, 4.69) is 24.9 Å². The molecular formula is C29H28N2O2. The Hall–Kier alpha value is -3.79. The van der Waals surface area contributed by atoms with Crippen molar-refractivity contribution >= 4 is 34.3 Å². The Morgan fingerprint density at radius 2 is 1.64 bits per heavy atom. The van der Waals surface area contributed by atoms with Gasteiger partial charge in [0.2, 0.25) is 5.91 Å². The predicted molar refractivity (Wildman–Crippen MR) is 135 cm³/mol. The molecule has 0 atom stereocenters. The molecule has 1 aliphatic rings. The van der Waals surface area contributed by atoms with Gasteiger partial charge in [-0.15, -0.1) is 0 Å². The van der Waals surface area contributed by atoms with E-state index in [0.29, 0.717) is 36.9 Å². The highest BCUT2D eigenvalue weighted by Crippen LogP contribution is 2.33. The van der Waals surface area contributed by atoms with Crippen LogP contribution in [-0.4, -0.2) is 17.4 Å². The number of hydrogen-bond donors (Lipinski definition) is 1. The normalized spacial score (nSPS) is 12.6. The van der Waals surface area contributed by atoms with Gasteiger partial charge in [0.25, 0.3) is 0 Å². The van der Waals surface area contributed by atoms with Gasteiger partial charge in [0.05, 0.1) is 5.69 Å². The third-order valence-corrected chi connectivity index (χ3v) is 5.96. The number of nitrogens with one attached hydrogen (secondary N) is 1. The number of amides is 1. The van der Waals surface area contributed by atoms with Gasteiger partial charge in [-0.25, -0.2) is 0 Å². The van der Waals surface area contributed by atoms with Crippen LogP contribution in [0.3, 0.4) is 0 Å². The highest BCUT2D eigenvalue weighted by molar-refractivity contribution is 6.03. The summed E-state index contributed by atoms with van der Waals surface area (Å²) in [6.45, 7) is 6.24. The van der Waals surface area contributed by atoms with E-state index < -0.39 is 0 Å². The van der Waals surface area contributed by atoms with E-state index in [1.165, 1.54) is 5.56 Å². The van der Waals surface area contributed by atoms with E-state index in [1.54, 1.807) is 24.3 Å². The number of carbonyl (C=O) groups is 2. The standard InChI is InChI=1S/C29H28N2O2/c1-3-21-8-4-5-9-23(21)19-28(32)22-12-14-24(15-13-22)31-29(33)17-16-25-18-20(2)26-10-6-7-11-27(26)30-25/h4-15H,2-3,16-19H2,1H3,(H,31,33). The van der Waals surface area contributed by atoms with E-state index in [0.717, 1.165) is 34.5 Å². The number of anilines is 1. The average molecular weight is 437 g/mol. The van der Waals surface area contributed by atoms with E-state index in [-0.39, 0.29) is 11.7 Å². The topological polar surface area (TPSA) is 58.5 Å². The number of rotatable bonds is 8. The molecule has 0 aliphatic carbocycles. The Balaban J connectivity index is 1.32. The van der Waals surface area contributed by atoms with Crippen LogP contribution in [0.25, 0.3) is 5.57 Å². The molecule has 4 heteroatoms. The minimum absolute atomic E-state index is 0.0712. The zero-order chi connectivity index (χ0) is 23.2. The summed E-state index contributed by atoms with van der Waals surface area (Å²) in [7, 11) is 0. The van der Waals surface area contributed by atoms with E-state index in [9.17, 15) is 9.59 Å². The predicted octanol–water partition coefficient (Wildman–Crippen LogP) is 6.58. The van der Waals surface area contributed by atoms with Gasteiger partial charge in [0, 0.05) is 41.8 Å². The van der Waals surface area contributed by atoms with Gasteiger partial charge >= 0.3 is 0 Å². The maximum Gasteiger partial charge on any atom is 0.224 e. The Labute approximate surface area is 195 Å². The molecule has 1 heterocycles. The Bertz CT molecular complexity index is 1220. The summed E-state index contributed by atoms with van der Waals surface area (Å²) in [5.41, 5.74) is 7.62. The van der Waals surface area contributed by atoms with E-state index in [1.807, 2.05) is 42.5 Å². The molecule has 0 aromatic heterocycles. The van der Waals surface area contributed by atoms with Crippen molar-refractivity contribution in [1.29, 1.82) is 0 Å². The van der Waals surface area contributed by atoms with Crippen molar-refractivity contribution in [3.63, 3.8) is 0 Å². The summed E-state index contributed by atoms with van der Waals surface area (Å²) in [6.07, 6.45) is 2.92. The van der Waals surface area contributed by atoms with E-state index >= 15 is 0 Å². The minimum atomic E-state index is -0.0712. The molecule has 0 saturated heterocycles. The van der Waals surface area contributed by atoms with Gasteiger partial charge in [-0.3, -0.25) is 14.6 Å². The third-order valence-electron chi connectivity index (χ3n) is 5.96. The molecule has 0 unspecified atom stereocenters. The SMILES string of the molecule is C=C1CC(CCC(=O)Nc2ccc(C(=O)Cc3ccccc3CC)cc2)=Nc2ccccc21. The molecule has 0 saturated carbocycles. The summed E-state index contributed by atoms with van der Waals surface area (Å²) in [6, 6.07) is 23.1. The van der Waals surface area contributed by atoms with Crippen molar-refractivity contribution in [3.05, 3.63) is 102 Å². The largest absolute Gasteiger partial charge is 0.326 e. The number of para-hydroxylation sites is 1. The zero-order valence-corrected chi connectivity index (χ0v) is 18.9. The molecule has 33 heavy (non-hydrogen) atoms. The minimum Gasteiger partial charge on any atom is -0.326 e. The van der Waals surface area contributed by atoms with Crippen LogP contribution in [0, 0.1) is 0 Å². The van der Waals surface area contributed by atoms with Gasteiger partial charge in [-0.05, 0) is 59.9 Å². The van der Waals surface area contributed by atoms with Crippen LogP contribution in [0.1, 0.15) is 53.2 Å². The fraction of sp³-hybridized carbons (Fsp3) is 0.207. The number of allylic oxidation sites excluding steroid dienone is 1. The van der Waals surface area contributed by atoms with Crippen molar-refractivity contribution < 1.29 is 9.59 Å². The molecule has 3 aromatic carbocycles. The first-order valence-electron chi connectivity index (χ1n) is 11.4. The number of fused-ring (bicyclic) bond motifs is 1. The quantitative estimate of drug-likeness (QED) is 0.405. The first-order valence-corrected chi connectivity index (χ1v) is 11.4. The zero-order valence-electron chi connectivity index (χ0n) is 18.9. The monoisotopic (exact) mass is 436 g/mol. The average Bonchev–Trinajstić information content (AvgIpc) is 2.83. The Morgan fingerprint density at radius 3 is 2.39 bits per heavy atom. The third kappa shape index (κ3) is 5.53. The van der Waals surface area contributed by atoms with Crippen molar-refractivity contribution in [2.24, 2.45) is 4.99 Å². The van der Waals surface area contributed by atoms with Crippen LogP contribution >= 0.6 is 0 Å². The lowest BCUT2D eigenvalue weighted by Crippen LogP contribution is -2.14. The molecular weight excluding hydrogens is 408 g/mol. The molecule has 4 nitrogen and oxygen atoms in total. The second-order valence-corrected chi connectivity index (χ2v) is 8.32. The molecule has 0 radical (unpaired) electrons. The van der Waals surface area contributed by atoms with E-state index in [4.69, 9.17) is 4.99 Å². The number of nitrogens with zero attached hydrogens (tertiary/aromatic N) is 1. The number of aryl methyl sites for hydroxylation is 1. The van der Waals surface area contributed by atoms with Gasteiger partial charge in [0.1, 0.15) is 0 Å². The van der Waals surface area contributed by atoms with Crippen molar-refractivity contribution in [2.75, 3.05) is 5.32 Å². The molecule has 3 aromatic rings. The maximum absolute atomic E-state index is 12.7. The smallest absolute Gasteiger partial charge is 0.224 e. The van der Waals surface area contributed by atoms with Crippen molar-refractivity contribution in [2.45, 2.75) is 39.0 Å². The summed E-state index contributed by atoms with van der Waals surface area (Å²) >= 11 is 0. The van der Waals surface area contributed by atoms with Crippen molar-refractivity contribution in [1.82, 2.24) is 0 Å². The molecule has 1 N–H and O–H groups in total. The first kappa shape index (κ1) is 22.4. The molecule has 1 aliphatic heterocycles. The van der Waals surface area contributed by atoms with Gasteiger partial charge in [0.15, 0.2) is 5.78 Å². The molecule has 4 rings (SSSR count). The summed E-state index contributed by atoms with van der Waals surface area (Å²) < 4.78 is 0. The fourth-order valence-electron chi connectivity index (χ4n) is 4.14. The first-order chi connectivity index (χ1) is 16.0. The van der Waals surface area contributed by atoms with Crippen LogP contribution < -0.4 is 5.32 Å². The molecule has 0 bridgehead atoms. The molecule has 166 valence electrons. The Morgan fingerprint density at radius 1 is 0.939 bits per heavy atom. The van der Waals surface area contributed by atoms with Gasteiger partial charge in [-0.2, -0.15) is 0 Å². The van der Waals surface area contributed by atoms with Crippen LogP contribution in [0.15, 0.2) is 84.4 Å². The second-order valence-electron chi connectivity index (χ2n) is 8.32. The summed E-state index contributed by atoms with van der Waals surface area (Å²) in [5, 5.41) is 2.92. The fourth-order valence-corrected chi connectivity index (χ4v) is 4.14. The van der Waals surface area contributed by atoms with Crippen molar-refractivity contribution in [3.8, 4) is 0 Å². The highest BCUT2D eigenvalue weighted by Gasteiger charge is 2.16. The lowest BCUT2D eigenvalue weighted by Gasteiger charge is -2.17. The summed E-state index contributed by atoms with van der Waals surface area (Å²) in [4.78, 5) is 29.8. The van der Waals surface area contributed by atoms with Gasteiger partial charge < -0.3 is 5.32 Å². The van der Waals surface area contributed by atoms with Crippen LogP contribution in [0.5, 0.6) is 0 Å². The molecule has 0 fully saturated rings. The summed E-state index contributed by atoms with van der Waals surface area (Å²) in [5.74, 6) is 0.00252. The lowest BCUT2D eigenvalue weighted by molar-refractivity contribution is -0.116. The number of ketones is 1. The van der Waals surface area contributed by atoms with Crippen LogP contribution in [-0.2, 0) is 17.6 Å². The number of Topliss-reactive ketones (excluding diaryl/α,β-unsaturated/α-hetero) is 1. The molecule has 1 amide bonds. The lowest BCUT2D eigenvalue weighted by atomic mass is 9.95. The number of hydrogen-bond acceptors (Lipinski definition) is 3. The second kappa shape index (κ2) is 10.2. The van der Waals surface area contributed by atoms with Crippen LogP contribution in [0.4, 0.5) is 11.4 Å². The van der Waals surface area contributed by atoms with Crippen LogP contribution in [0.2, 0.25) is 0 Å². The number of aliphatic imine (C=N–C) groups is 1. The number of benzene rings is 3. The molecule has 0 spiro atoms. The highest BCUT2D eigenvalue weighted by atomic mass is 16.1. The number of carbonyl (C=O) groups excluding carboxylic acids is 2.